The zero-order valence-corrected chi connectivity index (χ0v) is 20.8. The summed E-state index contributed by atoms with van der Waals surface area (Å²) in [5, 5.41) is 10.4. The van der Waals surface area contributed by atoms with E-state index in [1.165, 1.54) is 17.2 Å². The molecular formula is C30H30N4O2. The van der Waals surface area contributed by atoms with Gasteiger partial charge in [0.1, 0.15) is 0 Å². The minimum absolute atomic E-state index is 0.115. The number of amides is 2. The Hall–Kier alpha value is -4.45. The van der Waals surface area contributed by atoms with Crippen LogP contribution in [0.4, 0.5) is 5.69 Å². The number of nitrogens with one attached hydrogen (secondary N) is 2. The van der Waals surface area contributed by atoms with E-state index < -0.39 is 0 Å². The quantitative estimate of drug-likeness (QED) is 0.344. The molecule has 0 saturated heterocycles. The third kappa shape index (κ3) is 6.16. The lowest BCUT2D eigenvalue weighted by atomic mass is 10.0. The summed E-state index contributed by atoms with van der Waals surface area (Å²) in [6, 6.07) is 23.7. The van der Waals surface area contributed by atoms with Crippen molar-refractivity contribution in [3.8, 4) is 11.3 Å². The van der Waals surface area contributed by atoms with Gasteiger partial charge in [-0.1, -0.05) is 60.7 Å². The molecule has 0 aliphatic rings. The maximum absolute atomic E-state index is 12.8. The van der Waals surface area contributed by atoms with Crippen molar-refractivity contribution >= 4 is 23.6 Å². The summed E-state index contributed by atoms with van der Waals surface area (Å²) in [5.74, 6) is -0.391. The van der Waals surface area contributed by atoms with Crippen LogP contribution in [-0.4, -0.2) is 28.6 Å². The van der Waals surface area contributed by atoms with Gasteiger partial charge in [0, 0.05) is 36.1 Å². The van der Waals surface area contributed by atoms with Crippen molar-refractivity contribution in [3.05, 3.63) is 113 Å². The van der Waals surface area contributed by atoms with Gasteiger partial charge in [0.05, 0.1) is 18.7 Å². The fourth-order valence-electron chi connectivity index (χ4n) is 3.92. The first-order valence-corrected chi connectivity index (χ1v) is 11.9. The smallest absolute Gasteiger partial charge is 0.248 e. The van der Waals surface area contributed by atoms with Crippen molar-refractivity contribution in [3.63, 3.8) is 0 Å². The number of benzene rings is 3. The van der Waals surface area contributed by atoms with Gasteiger partial charge < -0.3 is 10.6 Å². The van der Waals surface area contributed by atoms with Crippen LogP contribution in [0.15, 0.2) is 85.1 Å². The van der Waals surface area contributed by atoms with E-state index in [0.29, 0.717) is 12.2 Å². The Labute approximate surface area is 211 Å². The number of likely N-dealkylation sites (N-methyl/N-ethyl adjacent to an activating group) is 1. The molecule has 4 rings (SSSR count). The fourth-order valence-corrected chi connectivity index (χ4v) is 3.92. The number of hydrogen-bond donors (Lipinski definition) is 2. The topological polar surface area (TPSA) is 76.0 Å². The number of para-hydroxylation sites is 1. The van der Waals surface area contributed by atoms with Crippen molar-refractivity contribution < 1.29 is 9.59 Å². The molecular weight excluding hydrogens is 448 g/mol. The third-order valence-corrected chi connectivity index (χ3v) is 6.08. The lowest BCUT2D eigenvalue weighted by molar-refractivity contribution is -0.120. The highest BCUT2D eigenvalue weighted by atomic mass is 16.2. The van der Waals surface area contributed by atoms with Crippen LogP contribution >= 0.6 is 0 Å². The highest BCUT2D eigenvalue weighted by Crippen LogP contribution is 2.26. The summed E-state index contributed by atoms with van der Waals surface area (Å²) >= 11 is 0. The lowest BCUT2D eigenvalue weighted by Crippen LogP contribution is -2.21. The normalized spacial score (nSPS) is 11.0. The summed E-state index contributed by atoms with van der Waals surface area (Å²) in [4.78, 5) is 24.6. The summed E-state index contributed by atoms with van der Waals surface area (Å²) in [6.07, 6.45) is 5.45. The van der Waals surface area contributed by atoms with E-state index in [1.54, 1.807) is 19.2 Å². The fraction of sp³-hybridized carbons (Fsp3) is 0.167. The van der Waals surface area contributed by atoms with Crippen molar-refractivity contribution in [2.75, 3.05) is 12.4 Å². The van der Waals surface area contributed by atoms with Crippen LogP contribution in [-0.2, 0) is 22.6 Å². The van der Waals surface area contributed by atoms with Gasteiger partial charge in [-0.25, -0.2) is 0 Å². The van der Waals surface area contributed by atoms with Gasteiger partial charge in [0.2, 0.25) is 11.8 Å². The predicted molar refractivity (Wildman–Crippen MR) is 145 cm³/mol. The van der Waals surface area contributed by atoms with Crippen LogP contribution in [0.1, 0.15) is 27.8 Å². The van der Waals surface area contributed by atoms with E-state index in [2.05, 4.69) is 54.8 Å². The minimum Gasteiger partial charge on any atom is -0.359 e. The van der Waals surface area contributed by atoms with E-state index in [9.17, 15) is 9.59 Å². The number of aromatic nitrogens is 2. The molecule has 3 aromatic carbocycles. The Morgan fingerprint density at radius 1 is 0.944 bits per heavy atom. The second-order valence-electron chi connectivity index (χ2n) is 8.74. The van der Waals surface area contributed by atoms with Gasteiger partial charge in [0.15, 0.2) is 0 Å². The molecule has 0 radical (unpaired) electrons. The molecule has 36 heavy (non-hydrogen) atoms. The van der Waals surface area contributed by atoms with Gasteiger partial charge in [-0.3, -0.25) is 14.3 Å². The summed E-state index contributed by atoms with van der Waals surface area (Å²) < 4.78 is 1.90. The number of carbonyl (C=O) groups is 2. The first kappa shape index (κ1) is 24.7. The first-order valence-electron chi connectivity index (χ1n) is 11.9. The zero-order chi connectivity index (χ0) is 25.5. The predicted octanol–water partition coefficient (Wildman–Crippen LogP) is 5.16. The van der Waals surface area contributed by atoms with Crippen molar-refractivity contribution in [2.45, 2.75) is 26.8 Å². The van der Waals surface area contributed by atoms with Gasteiger partial charge >= 0.3 is 0 Å². The zero-order valence-electron chi connectivity index (χ0n) is 20.8. The van der Waals surface area contributed by atoms with E-state index in [4.69, 9.17) is 5.10 Å². The van der Waals surface area contributed by atoms with Gasteiger partial charge in [-0.2, -0.15) is 5.10 Å². The second-order valence-corrected chi connectivity index (χ2v) is 8.74. The minimum atomic E-state index is -0.277. The average molecular weight is 479 g/mol. The first-order chi connectivity index (χ1) is 17.4. The van der Waals surface area contributed by atoms with Crippen molar-refractivity contribution in [2.24, 2.45) is 0 Å². The highest BCUT2D eigenvalue weighted by molar-refractivity contribution is 6.03. The molecule has 0 bridgehead atoms. The Morgan fingerprint density at radius 2 is 1.69 bits per heavy atom. The van der Waals surface area contributed by atoms with Gasteiger partial charge in [-0.15, -0.1) is 0 Å². The molecule has 4 aromatic rings. The molecule has 182 valence electrons. The molecule has 0 saturated carbocycles. The molecule has 1 aromatic heterocycles. The average Bonchev–Trinajstić information content (AvgIpc) is 3.28. The third-order valence-electron chi connectivity index (χ3n) is 6.08. The number of hydrogen-bond acceptors (Lipinski definition) is 3. The number of rotatable bonds is 8. The lowest BCUT2D eigenvalue weighted by Gasteiger charge is -2.09. The molecule has 0 unspecified atom stereocenters. The van der Waals surface area contributed by atoms with Crippen LogP contribution in [0.5, 0.6) is 0 Å². The molecule has 0 spiro atoms. The number of nitrogens with zero attached hydrogens (tertiary/aromatic N) is 2. The summed E-state index contributed by atoms with van der Waals surface area (Å²) in [6.45, 7) is 4.80. The standard InChI is InChI=1S/C30H30N4O2/c1-21-13-14-25(17-22(21)2)30-26(20-34(33-30)19-23-9-5-4-6-10-23)15-16-28(35)32-27-12-8-7-11-24(27)18-29(36)31-3/h4-17,20H,18-19H2,1-3H3,(H,31,36)(H,32,35). The van der Waals surface area contributed by atoms with E-state index >= 15 is 0 Å². The van der Waals surface area contributed by atoms with Crippen LogP contribution in [0, 0.1) is 13.8 Å². The van der Waals surface area contributed by atoms with Crippen molar-refractivity contribution in [1.82, 2.24) is 15.1 Å². The maximum atomic E-state index is 12.8. The van der Waals surface area contributed by atoms with E-state index in [0.717, 1.165) is 27.9 Å². The van der Waals surface area contributed by atoms with Gasteiger partial charge in [-0.05, 0) is 54.3 Å². The molecule has 1 heterocycles. The maximum Gasteiger partial charge on any atom is 0.248 e. The summed E-state index contributed by atoms with van der Waals surface area (Å²) in [7, 11) is 1.59. The van der Waals surface area contributed by atoms with Crippen LogP contribution in [0.2, 0.25) is 0 Å². The molecule has 0 aliphatic carbocycles. The molecule has 2 amide bonds. The number of anilines is 1. The molecule has 0 fully saturated rings. The highest BCUT2D eigenvalue weighted by Gasteiger charge is 2.12. The van der Waals surface area contributed by atoms with Gasteiger partial charge in [0.25, 0.3) is 0 Å². The Bertz CT molecular complexity index is 1400. The molecule has 0 aliphatic heterocycles. The Morgan fingerprint density at radius 3 is 2.44 bits per heavy atom. The van der Waals surface area contributed by atoms with Crippen LogP contribution in [0.25, 0.3) is 17.3 Å². The number of aryl methyl sites for hydroxylation is 2. The Kier molecular flexibility index (Phi) is 7.75. The molecule has 6 nitrogen and oxygen atoms in total. The van der Waals surface area contributed by atoms with E-state index in [1.807, 2.05) is 47.3 Å². The summed E-state index contributed by atoms with van der Waals surface area (Å²) in [5.41, 5.74) is 7.59. The molecule has 6 heteroatoms. The Balaban J connectivity index is 1.60. The van der Waals surface area contributed by atoms with Crippen LogP contribution < -0.4 is 10.6 Å². The second kappa shape index (κ2) is 11.3. The largest absolute Gasteiger partial charge is 0.359 e. The van der Waals surface area contributed by atoms with E-state index in [-0.39, 0.29) is 18.2 Å². The molecule has 0 atom stereocenters. The van der Waals surface area contributed by atoms with Crippen molar-refractivity contribution in [1.29, 1.82) is 0 Å². The monoisotopic (exact) mass is 478 g/mol. The SMILES string of the molecule is CNC(=O)Cc1ccccc1NC(=O)C=Cc1cn(Cc2ccccc2)nc1-c1ccc(C)c(C)c1. The molecule has 2 N–H and O–H groups in total. The number of carbonyl (C=O) groups excluding carboxylic acids is 2. The van der Waals surface area contributed by atoms with Crippen LogP contribution in [0.3, 0.4) is 0 Å².